The highest BCUT2D eigenvalue weighted by molar-refractivity contribution is 6.39. The fourth-order valence-corrected chi connectivity index (χ4v) is 2.75. The number of nitrogens with one attached hydrogen (secondary N) is 1. The number of carbonyl (C=O) groups excluding carboxylic acids is 3. The Balaban J connectivity index is 1.88. The van der Waals surface area contributed by atoms with Gasteiger partial charge in [0.05, 0.1) is 5.69 Å². The Morgan fingerprint density at radius 2 is 1.71 bits per heavy atom. The summed E-state index contributed by atoms with van der Waals surface area (Å²) in [7, 11) is 0. The third-order valence-corrected chi connectivity index (χ3v) is 4.26. The highest BCUT2D eigenvalue weighted by atomic mass is 16.5. The van der Waals surface area contributed by atoms with Crippen LogP contribution >= 0.6 is 0 Å². The quantitative estimate of drug-likeness (QED) is 0.476. The summed E-state index contributed by atoms with van der Waals surface area (Å²) in [6.45, 7) is 5.99. The topological polar surface area (TPSA) is 75.7 Å². The third kappa shape index (κ3) is 4.01. The number of rotatable bonds is 6. The van der Waals surface area contributed by atoms with Gasteiger partial charge in [0.25, 0.3) is 11.8 Å². The van der Waals surface area contributed by atoms with Gasteiger partial charge in [0.1, 0.15) is 17.9 Å². The van der Waals surface area contributed by atoms with Crippen molar-refractivity contribution in [1.29, 1.82) is 0 Å². The monoisotopic (exact) mass is 376 g/mol. The van der Waals surface area contributed by atoms with Crippen LogP contribution in [0, 0.1) is 0 Å². The zero-order valence-corrected chi connectivity index (χ0v) is 15.5. The molecule has 1 saturated heterocycles. The predicted molar refractivity (Wildman–Crippen MR) is 107 cm³/mol. The van der Waals surface area contributed by atoms with E-state index in [-0.39, 0.29) is 5.57 Å². The number of barbiturate groups is 1. The normalized spacial score (nSPS) is 15.5. The van der Waals surface area contributed by atoms with Crippen LogP contribution < -0.4 is 15.0 Å². The molecule has 1 fully saturated rings. The van der Waals surface area contributed by atoms with Gasteiger partial charge < -0.3 is 4.74 Å². The molecule has 0 bridgehead atoms. The van der Waals surface area contributed by atoms with E-state index in [1.165, 1.54) is 6.08 Å². The van der Waals surface area contributed by atoms with Gasteiger partial charge in [0.15, 0.2) is 0 Å². The maximum atomic E-state index is 12.9. The van der Waals surface area contributed by atoms with Crippen molar-refractivity contribution in [2.75, 3.05) is 11.5 Å². The van der Waals surface area contributed by atoms with E-state index in [0.29, 0.717) is 23.6 Å². The number of imide groups is 2. The number of amides is 4. The van der Waals surface area contributed by atoms with Crippen LogP contribution in [0.4, 0.5) is 10.5 Å². The first-order valence-electron chi connectivity index (χ1n) is 8.87. The molecule has 3 rings (SSSR count). The highest BCUT2D eigenvalue weighted by Gasteiger charge is 2.36. The smallest absolute Gasteiger partial charge is 0.335 e. The Bertz CT molecular complexity index is 944. The minimum Gasteiger partial charge on any atom is -0.490 e. The van der Waals surface area contributed by atoms with Crippen molar-refractivity contribution in [2.24, 2.45) is 0 Å². The fourth-order valence-electron chi connectivity index (χ4n) is 2.75. The molecule has 1 aliphatic heterocycles. The molecule has 6 nitrogen and oxygen atoms in total. The Morgan fingerprint density at radius 1 is 1.04 bits per heavy atom. The van der Waals surface area contributed by atoms with Crippen LogP contribution in [0.25, 0.3) is 6.08 Å². The van der Waals surface area contributed by atoms with Gasteiger partial charge in [0.2, 0.25) is 0 Å². The zero-order chi connectivity index (χ0) is 20.1. The molecule has 0 radical (unpaired) electrons. The van der Waals surface area contributed by atoms with E-state index >= 15 is 0 Å². The van der Waals surface area contributed by atoms with Crippen molar-refractivity contribution in [2.45, 2.75) is 13.3 Å². The molecule has 6 heteroatoms. The summed E-state index contributed by atoms with van der Waals surface area (Å²) in [5.74, 6) is -0.734. The number of anilines is 1. The van der Waals surface area contributed by atoms with E-state index in [4.69, 9.17) is 4.74 Å². The lowest BCUT2D eigenvalue weighted by Gasteiger charge is -2.26. The number of urea groups is 1. The minimum absolute atomic E-state index is 0.112. The summed E-state index contributed by atoms with van der Waals surface area (Å²) in [6.07, 6.45) is 3.94. The number of carbonyl (C=O) groups is 3. The second-order valence-corrected chi connectivity index (χ2v) is 6.15. The first-order valence-corrected chi connectivity index (χ1v) is 8.87. The van der Waals surface area contributed by atoms with Crippen LogP contribution in [0.15, 0.2) is 66.8 Å². The van der Waals surface area contributed by atoms with Gasteiger partial charge in [0, 0.05) is 0 Å². The number of benzene rings is 2. The van der Waals surface area contributed by atoms with Crippen molar-refractivity contribution >= 4 is 29.6 Å². The molecular formula is C22H20N2O4. The van der Waals surface area contributed by atoms with Crippen LogP contribution in [-0.4, -0.2) is 24.5 Å². The van der Waals surface area contributed by atoms with Crippen molar-refractivity contribution in [3.8, 4) is 5.75 Å². The molecular weight excluding hydrogens is 356 g/mol. The van der Waals surface area contributed by atoms with Crippen LogP contribution in [0.5, 0.6) is 5.75 Å². The number of nitrogens with zero attached hydrogens (tertiary/aromatic N) is 1. The lowest BCUT2D eigenvalue weighted by molar-refractivity contribution is -0.122. The van der Waals surface area contributed by atoms with Gasteiger partial charge in [-0.05, 0) is 47.9 Å². The van der Waals surface area contributed by atoms with Crippen molar-refractivity contribution in [1.82, 2.24) is 5.32 Å². The minimum atomic E-state index is -0.760. The SMILES string of the molecule is C=CCOc1ccc(/C=C2/C(=O)NC(=O)N(c3ccc(CC)cc3)C2=O)cc1. The lowest BCUT2D eigenvalue weighted by atomic mass is 10.1. The molecule has 1 heterocycles. The van der Waals surface area contributed by atoms with Gasteiger partial charge in [-0.25, -0.2) is 9.69 Å². The van der Waals surface area contributed by atoms with Gasteiger partial charge in [-0.3, -0.25) is 14.9 Å². The maximum absolute atomic E-state index is 12.9. The first-order chi connectivity index (χ1) is 13.5. The molecule has 0 unspecified atom stereocenters. The van der Waals surface area contributed by atoms with Crippen molar-refractivity contribution < 1.29 is 19.1 Å². The summed E-state index contributed by atoms with van der Waals surface area (Å²) in [5.41, 5.74) is 2.02. The Labute approximate surface area is 163 Å². The molecule has 0 atom stereocenters. The number of hydrogen-bond donors (Lipinski definition) is 1. The zero-order valence-electron chi connectivity index (χ0n) is 15.5. The molecule has 2 aromatic rings. The van der Waals surface area contributed by atoms with Crippen LogP contribution in [0.1, 0.15) is 18.1 Å². The van der Waals surface area contributed by atoms with E-state index in [1.807, 2.05) is 19.1 Å². The molecule has 28 heavy (non-hydrogen) atoms. The standard InChI is InChI=1S/C22H20N2O4/c1-3-13-28-18-11-7-16(8-12-18)14-19-20(25)23-22(27)24(21(19)26)17-9-5-15(4-2)6-10-17/h3,5-12,14H,1,4,13H2,2H3,(H,23,25,27)/b19-14-. The summed E-state index contributed by atoms with van der Waals surface area (Å²) >= 11 is 0. The first kappa shape index (κ1) is 19.1. The fraction of sp³-hybridized carbons (Fsp3) is 0.136. The summed E-state index contributed by atoms with van der Waals surface area (Å²) in [6, 6.07) is 13.2. The van der Waals surface area contributed by atoms with Gasteiger partial charge in [-0.1, -0.05) is 43.8 Å². The molecule has 142 valence electrons. The largest absolute Gasteiger partial charge is 0.490 e. The molecule has 0 aromatic heterocycles. The Kier molecular flexibility index (Phi) is 5.69. The summed E-state index contributed by atoms with van der Waals surface area (Å²) in [5, 5.41) is 2.22. The van der Waals surface area contributed by atoms with E-state index in [0.717, 1.165) is 16.9 Å². The Morgan fingerprint density at radius 3 is 2.32 bits per heavy atom. The average Bonchev–Trinajstić information content (AvgIpc) is 2.71. The lowest BCUT2D eigenvalue weighted by Crippen LogP contribution is -2.54. The number of aryl methyl sites for hydroxylation is 1. The van der Waals surface area contributed by atoms with Gasteiger partial charge >= 0.3 is 6.03 Å². The average molecular weight is 376 g/mol. The van der Waals surface area contributed by atoms with Crippen LogP contribution in [-0.2, 0) is 16.0 Å². The van der Waals surface area contributed by atoms with Gasteiger partial charge in [-0.15, -0.1) is 0 Å². The van der Waals surface area contributed by atoms with Crippen LogP contribution in [0.3, 0.4) is 0 Å². The van der Waals surface area contributed by atoms with Gasteiger partial charge in [-0.2, -0.15) is 0 Å². The Hall–Kier alpha value is -3.67. The maximum Gasteiger partial charge on any atom is 0.335 e. The molecule has 2 aromatic carbocycles. The van der Waals surface area contributed by atoms with Crippen molar-refractivity contribution in [3.05, 3.63) is 77.9 Å². The molecule has 0 saturated carbocycles. The number of ether oxygens (including phenoxy) is 1. The molecule has 0 spiro atoms. The summed E-state index contributed by atoms with van der Waals surface area (Å²) in [4.78, 5) is 38.3. The van der Waals surface area contributed by atoms with E-state index in [2.05, 4.69) is 11.9 Å². The second-order valence-electron chi connectivity index (χ2n) is 6.15. The number of hydrogen-bond acceptors (Lipinski definition) is 4. The molecule has 1 aliphatic rings. The highest BCUT2D eigenvalue weighted by Crippen LogP contribution is 2.23. The van der Waals surface area contributed by atoms with Crippen molar-refractivity contribution in [3.63, 3.8) is 0 Å². The molecule has 0 aliphatic carbocycles. The molecule has 1 N–H and O–H groups in total. The summed E-state index contributed by atoms with van der Waals surface area (Å²) < 4.78 is 5.41. The second kappa shape index (κ2) is 8.35. The molecule has 4 amide bonds. The van der Waals surface area contributed by atoms with E-state index in [9.17, 15) is 14.4 Å². The van der Waals surface area contributed by atoms with Crippen LogP contribution in [0.2, 0.25) is 0 Å². The van der Waals surface area contributed by atoms with E-state index < -0.39 is 17.8 Å². The predicted octanol–water partition coefficient (Wildman–Crippen LogP) is 3.48. The third-order valence-electron chi connectivity index (χ3n) is 4.26. The van der Waals surface area contributed by atoms with E-state index in [1.54, 1.807) is 42.5 Å².